The molecule has 2 aromatic carbocycles. The van der Waals surface area contributed by atoms with Crippen molar-refractivity contribution in [1.29, 1.82) is 0 Å². The van der Waals surface area contributed by atoms with Gasteiger partial charge in [-0.15, -0.1) is 0 Å². The molecule has 0 spiro atoms. The fraction of sp³-hybridized carbons (Fsp3) is 0.241. The number of benzene rings is 2. The van der Waals surface area contributed by atoms with Gasteiger partial charge in [0.15, 0.2) is 5.82 Å². The van der Waals surface area contributed by atoms with E-state index in [1.54, 1.807) is 13.8 Å². The summed E-state index contributed by atoms with van der Waals surface area (Å²) in [7, 11) is 0. The number of hydrogen-bond donors (Lipinski definition) is 1. The highest BCUT2D eigenvalue weighted by atomic mass is 35.5. The third-order valence-corrected chi connectivity index (χ3v) is 6.86. The standard InChI is InChI=1S/C29H27ClFN5O3/c1-15-9-22(17(3)34-29(37)27-18(4)35-39-19(27)5)23(24(30)10-15)14-38-26-8-6-7-21-25(11-16(2)33-28(21)26)36-13-20(31)12-32-36/h6-13,17H,14H2,1-5H3,(H,34,37)/t17-/m0/s1. The first kappa shape index (κ1) is 26.4. The third-order valence-electron chi connectivity index (χ3n) is 6.53. The van der Waals surface area contributed by atoms with E-state index >= 15 is 0 Å². The van der Waals surface area contributed by atoms with E-state index in [4.69, 9.17) is 25.8 Å². The maximum Gasteiger partial charge on any atom is 0.257 e. The number of hydrogen-bond acceptors (Lipinski definition) is 6. The Labute approximate surface area is 229 Å². The van der Waals surface area contributed by atoms with Crippen molar-refractivity contribution in [2.75, 3.05) is 0 Å². The summed E-state index contributed by atoms with van der Waals surface area (Å²) < 4.78 is 26.6. The highest BCUT2D eigenvalue weighted by Crippen LogP contribution is 2.33. The molecule has 0 aliphatic carbocycles. The predicted octanol–water partition coefficient (Wildman–Crippen LogP) is 6.50. The molecule has 0 fully saturated rings. The fourth-order valence-corrected chi connectivity index (χ4v) is 5.04. The molecule has 0 unspecified atom stereocenters. The highest BCUT2D eigenvalue weighted by molar-refractivity contribution is 6.31. The van der Waals surface area contributed by atoms with Gasteiger partial charge >= 0.3 is 0 Å². The van der Waals surface area contributed by atoms with Crippen LogP contribution in [0.2, 0.25) is 5.02 Å². The van der Waals surface area contributed by atoms with Crippen molar-refractivity contribution in [1.82, 2.24) is 25.2 Å². The highest BCUT2D eigenvalue weighted by Gasteiger charge is 2.22. The van der Waals surface area contributed by atoms with Crippen LogP contribution in [-0.4, -0.2) is 25.8 Å². The summed E-state index contributed by atoms with van der Waals surface area (Å²) in [6, 6.07) is 10.9. The van der Waals surface area contributed by atoms with Gasteiger partial charge in [0.2, 0.25) is 0 Å². The van der Waals surface area contributed by atoms with Gasteiger partial charge in [-0.3, -0.25) is 4.79 Å². The van der Waals surface area contributed by atoms with E-state index in [0.717, 1.165) is 34.0 Å². The maximum absolute atomic E-state index is 13.7. The van der Waals surface area contributed by atoms with Crippen LogP contribution in [0.15, 0.2) is 53.3 Å². The Hall–Kier alpha value is -4.24. The molecule has 0 radical (unpaired) electrons. The average molecular weight is 548 g/mol. The first-order valence-corrected chi connectivity index (χ1v) is 12.8. The second kappa shape index (κ2) is 10.5. The SMILES string of the molecule is Cc1cc(Cl)c(COc2cccc3c(-n4cc(F)cn4)cc(C)nc23)c([C@H](C)NC(=O)c2c(C)noc2C)c1. The summed E-state index contributed by atoms with van der Waals surface area (Å²) in [6.45, 7) is 9.27. The number of carbonyl (C=O) groups excluding carboxylic acids is 1. The Morgan fingerprint density at radius 1 is 1.21 bits per heavy atom. The van der Waals surface area contributed by atoms with Crippen LogP contribution in [0, 0.1) is 33.5 Å². The summed E-state index contributed by atoms with van der Waals surface area (Å²) in [5.74, 6) is 0.292. The van der Waals surface area contributed by atoms with E-state index in [-0.39, 0.29) is 18.6 Å². The maximum atomic E-state index is 13.7. The van der Waals surface area contributed by atoms with E-state index in [9.17, 15) is 9.18 Å². The van der Waals surface area contributed by atoms with Crippen molar-refractivity contribution < 1.29 is 18.4 Å². The second-order valence-electron chi connectivity index (χ2n) is 9.54. The van der Waals surface area contributed by atoms with Gasteiger partial charge in [0, 0.05) is 21.7 Å². The molecule has 200 valence electrons. The monoisotopic (exact) mass is 547 g/mol. The van der Waals surface area contributed by atoms with Crippen molar-refractivity contribution in [3.8, 4) is 11.4 Å². The van der Waals surface area contributed by atoms with Crippen molar-refractivity contribution in [2.24, 2.45) is 0 Å². The van der Waals surface area contributed by atoms with E-state index in [0.29, 0.717) is 39.0 Å². The molecule has 39 heavy (non-hydrogen) atoms. The second-order valence-corrected chi connectivity index (χ2v) is 9.94. The summed E-state index contributed by atoms with van der Waals surface area (Å²) in [6.07, 6.45) is 2.48. The molecule has 0 saturated heterocycles. The first-order valence-electron chi connectivity index (χ1n) is 12.4. The zero-order valence-electron chi connectivity index (χ0n) is 22.2. The Morgan fingerprint density at radius 2 is 2.00 bits per heavy atom. The number of nitrogens with zero attached hydrogens (tertiary/aromatic N) is 4. The van der Waals surface area contributed by atoms with E-state index in [2.05, 4.69) is 15.6 Å². The van der Waals surface area contributed by atoms with Crippen molar-refractivity contribution in [3.05, 3.63) is 99.0 Å². The Kier molecular flexibility index (Phi) is 7.10. The van der Waals surface area contributed by atoms with Gasteiger partial charge in [0.1, 0.15) is 29.2 Å². The van der Waals surface area contributed by atoms with Gasteiger partial charge in [-0.25, -0.2) is 14.1 Å². The van der Waals surface area contributed by atoms with E-state index in [1.807, 2.05) is 57.2 Å². The lowest BCUT2D eigenvalue weighted by atomic mass is 9.98. The first-order chi connectivity index (χ1) is 18.6. The molecule has 1 N–H and O–H groups in total. The topological polar surface area (TPSA) is 95.1 Å². The zero-order chi connectivity index (χ0) is 27.8. The number of nitrogens with one attached hydrogen (secondary N) is 1. The molecule has 10 heteroatoms. The number of halogens is 2. The molecule has 0 aliphatic rings. The van der Waals surface area contributed by atoms with Crippen LogP contribution in [0.3, 0.4) is 0 Å². The van der Waals surface area contributed by atoms with Crippen LogP contribution in [0.25, 0.3) is 16.6 Å². The molecular formula is C29H27ClFN5O3. The molecule has 0 saturated carbocycles. The molecule has 3 heterocycles. The number of rotatable bonds is 7. The van der Waals surface area contributed by atoms with Crippen molar-refractivity contribution >= 4 is 28.4 Å². The molecule has 0 aliphatic heterocycles. The van der Waals surface area contributed by atoms with Crippen LogP contribution in [-0.2, 0) is 6.61 Å². The number of fused-ring (bicyclic) bond motifs is 1. The summed E-state index contributed by atoms with van der Waals surface area (Å²) in [4.78, 5) is 17.7. The minimum atomic E-state index is -0.429. The summed E-state index contributed by atoms with van der Waals surface area (Å²) in [5.41, 5.74) is 5.52. The van der Waals surface area contributed by atoms with Crippen LogP contribution < -0.4 is 10.1 Å². The predicted molar refractivity (Wildman–Crippen MR) is 146 cm³/mol. The largest absolute Gasteiger partial charge is 0.487 e. The van der Waals surface area contributed by atoms with Crippen LogP contribution in [0.4, 0.5) is 4.39 Å². The van der Waals surface area contributed by atoms with Gasteiger partial charge < -0.3 is 14.6 Å². The normalized spacial score (nSPS) is 12.1. The average Bonchev–Trinajstić information content (AvgIpc) is 3.46. The number of carbonyl (C=O) groups is 1. The number of para-hydroxylation sites is 1. The van der Waals surface area contributed by atoms with Crippen LogP contribution in [0.1, 0.15) is 57.2 Å². The molecule has 1 amide bonds. The van der Waals surface area contributed by atoms with Crippen molar-refractivity contribution in [3.63, 3.8) is 0 Å². The molecule has 5 rings (SSSR count). The Balaban J connectivity index is 1.47. The fourth-order valence-electron chi connectivity index (χ4n) is 4.71. The number of amides is 1. The smallest absolute Gasteiger partial charge is 0.257 e. The molecule has 3 aromatic heterocycles. The van der Waals surface area contributed by atoms with Crippen LogP contribution >= 0.6 is 11.6 Å². The minimum Gasteiger partial charge on any atom is -0.487 e. The van der Waals surface area contributed by atoms with E-state index < -0.39 is 5.82 Å². The van der Waals surface area contributed by atoms with Crippen LogP contribution in [0.5, 0.6) is 5.75 Å². The number of aromatic nitrogens is 4. The van der Waals surface area contributed by atoms with Gasteiger partial charge in [0.05, 0.1) is 29.8 Å². The third kappa shape index (κ3) is 5.22. The number of pyridine rings is 1. The quantitative estimate of drug-likeness (QED) is 0.250. The Bertz CT molecular complexity index is 1690. The zero-order valence-corrected chi connectivity index (χ0v) is 22.9. The Morgan fingerprint density at radius 3 is 2.69 bits per heavy atom. The molecule has 1 atom stereocenters. The molecule has 5 aromatic rings. The molecule has 8 nitrogen and oxygen atoms in total. The minimum absolute atomic E-state index is 0.139. The molecular weight excluding hydrogens is 521 g/mol. The molecule has 0 bridgehead atoms. The lowest BCUT2D eigenvalue weighted by Gasteiger charge is -2.21. The number of ether oxygens (including phenoxy) is 1. The van der Waals surface area contributed by atoms with Gasteiger partial charge in [-0.1, -0.05) is 35.0 Å². The van der Waals surface area contributed by atoms with Gasteiger partial charge in [-0.05, 0) is 63.9 Å². The van der Waals surface area contributed by atoms with Crippen molar-refractivity contribution in [2.45, 2.75) is 47.3 Å². The lowest BCUT2D eigenvalue weighted by Crippen LogP contribution is -2.28. The van der Waals surface area contributed by atoms with Gasteiger partial charge in [0.25, 0.3) is 5.91 Å². The summed E-state index contributed by atoms with van der Waals surface area (Å²) >= 11 is 6.70. The summed E-state index contributed by atoms with van der Waals surface area (Å²) in [5, 5.41) is 12.3. The van der Waals surface area contributed by atoms with Gasteiger partial charge in [-0.2, -0.15) is 5.10 Å². The number of aryl methyl sites for hydroxylation is 4. The lowest BCUT2D eigenvalue weighted by molar-refractivity contribution is 0.0937. The van der Waals surface area contributed by atoms with E-state index in [1.165, 1.54) is 10.9 Å².